The number of carbonyl (C=O) groups excluding carboxylic acids is 2. The van der Waals surface area contributed by atoms with Gasteiger partial charge in [-0.3, -0.25) is 9.59 Å². The molecule has 170 valence electrons. The zero-order valence-corrected chi connectivity index (χ0v) is 18.9. The fourth-order valence-corrected chi connectivity index (χ4v) is 4.01. The van der Waals surface area contributed by atoms with Crippen molar-refractivity contribution < 1.29 is 19.1 Å². The Hall–Kier alpha value is -3.16. The van der Waals surface area contributed by atoms with E-state index in [-0.39, 0.29) is 30.4 Å². The minimum Gasteiger partial charge on any atom is -0.497 e. The highest BCUT2D eigenvalue weighted by molar-refractivity contribution is 5.97. The van der Waals surface area contributed by atoms with Gasteiger partial charge in [-0.25, -0.2) is 9.97 Å². The Bertz CT molecular complexity index is 977. The molecule has 2 amide bonds. The van der Waals surface area contributed by atoms with Gasteiger partial charge in [0.2, 0.25) is 5.91 Å². The van der Waals surface area contributed by atoms with Gasteiger partial charge in [0.1, 0.15) is 23.4 Å². The van der Waals surface area contributed by atoms with Crippen LogP contribution < -0.4 is 14.8 Å². The topological polar surface area (TPSA) is 93.7 Å². The minimum atomic E-state index is -0.275. The summed E-state index contributed by atoms with van der Waals surface area (Å²) in [4.78, 5) is 36.0. The van der Waals surface area contributed by atoms with Crippen molar-refractivity contribution >= 4 is 11.8 Å². The van der Waals surface area contributed by atoms with Gasteiger partial charge < -0.3 is 19.7 Å². The van der Waals surface area contributed by atoms with Crippen LogP contribution in [0, 0.1) is 19.8 Å². The molecular formula is C24H30N4O4. The van der Waals surface area contributed by atoms with Gasteiger partial charge in [-0.05, 0) is 51.0 Å². The maximum Gasteiger partial charge on any atom is 0.255 e. The summed E-state index contributed by atoms with van der Waals surface area (Å²) in [6.07, 6.45) is 3.50. The van der Waals surface area contributed by atoms with E-state index in [9.17, 15) is 9.59 Å². The van der Waals surface area contributed by atoms with Crippen LogP contribution in [0.2, 0.25) is 0 Å². The van der Waals surface area contributed by atoms with Crippen LogP contribution in [-0.2, 0) is 11.3 Å². The molecule has 32 heavy (non-hydrogen) atoms. The summed E-state index contributed by atoms with van der Waals surface area (Å²) in [5, 5.41) is 2.89. The highest BCUT2D eigenvalue weighted by atomic mass is 16.5. The number of nitrogens with one attached hydrogen (secondary N) is 1. The number of aromatic nitrogens is 2. The van der Waals surface area contributed by atoms with Crippen LogP contribution in [0.5, 0.6) is 11.5 Å². The highest BCUT2D eigenvalue weighted by Crippen LogP contribution is 2.33. The lowest BCUT2D eigenvalue weighted by Crippen LogP contribution is -2.42. The number of hydrogen-bond acceptors (Lipinski definition) is 6. The number of rotatable bonds is 7. The van der Waals surface area contributed by atoms with E-state index in [2.05, 4.69) is 15.3 Å². The number of aryl methyl sites for hydroxylation is 2. The average Bonchev–Trinajstić information content (AvgIpc) is 3.63. The fourth-order valence-electron chi connectivity index (χ4n) is 4.01. The third-order valence-electron chi connectivity index (χ3n) is 5.84. The monoisotopic (exact) mass is 438 g/mol. The molecule has 0 unspecified atom stereocenters. The molecular weight excluding hydrogens is 408 g/mol. The molecule has 0 radical (unpaired) electrons. The molecule has 1 aromatic carbocycles. The number of likely N-dealkylation sites (tertiary alicyclic amines) is 1. The molecule has 0 atom stereocenters. The van der Waals surface area contributed by atoms with Crippen molar-refractivity contribution in [1.82, 2.24) is 20.2 Å². The van der Waals surface area contributed by atoms with Gasteiger partial charge in [0.05, 0.1) is 19.2 Å². The van der Waals surface area contributed by atoms with Crippen molar-refractivity contribution in [3.63, 3.8) is 0 Å². The zero-order chi connectivity index (χ0) is 22.7. The quantitative estimate of drug-likeness (QED) is 0.715. The molecule has 1 saturated heterocycles. The van der Waals surface area contributed by atoms with Gasteiger partial charge in [0, 0.05) is 43.2 Å². The van der Waals surface area contributed by atoms with Crippen LogP contribution in [0.1, 0.15) is 53.3 Å². The number of benzene rings is 1. The van der Waals surface area contributed by atoms with E-state index in [1.807, 2.05) is 24.8 Å². The third-order valence-corrected chi connectivity index (χ3v) is 5.84. The number of ether oxygens (including phenoxy) is 2. The fraction of sp³-hybridized carbons (Fsp3) is 0.500. The average molecular weight is 439 g/mol. The first-order valence-electron chi connectivity index (χ1n) is 11.2. The molecule has 1 saturated carbocycles. The summed E-state index contributed by atoms with van der Waals surface area (Å²) in [6.45, 7) is 5.41. The number of nitrogens with zero attached hydrogens (tertiary/aromatic N) is 3. The van der Waals surface area contributed by atoms with Crippen LogP contribution in [0.4, 0.5) is 0 Å². The second-order valence-electron chi connectivity index (χ2n) is 8.53. The summed E-state index contributed by atoms with van der Waals surface area (Å²) in [5.41, 5.74) is 2.13. The Morgan fingerprint density at radius 2 is 1.75 bits per heavy atom. The van der Waals surface area contributed by atoms with Crippen LogP contribution in [0.3, 0.4) is 0 Å². The predicted octanol–water partition coefficient (Wildman–Crippen LogP) is 2.81. The number of methoxy groups -OCH3 is 1. The van der Waals surface area contributed by atoms with E-state index in [4.69, 9.17) is 9.47 Å². The Labute approximate surface area is 188 Å². The molecule has 2 aromatic rings. The number of piperidine rings is 1. The summed E-state index contributed by atoms with van der Waals surface area (Å²) < 4.78 is 11.5. The SMILES string of the molecule is COc1ccc(OC2CCN(C(=O)C3CC3)CC2)c(C(=O)NCc2nc(C)cc(C)n2)c1. The molecule has 1 N–H and O–H groups in total. The third kappa shape index (κ3) is 5.36. The molecule has 8 heteroatoms. The summed E-state index contributed by atoms with van der Waals surface area (Å²) in [5.74, 6) is 1.90. The van der Waals surface area contributed by atoms with E-state index >= 15 is 0 Å². The zero-order valence-electron chi connectivity index (χ0n) is 18.9. The Morgan fingerprint density at radius 3 is 2.38 bits per heavy atom. The molecule has 1 aliphatic heterocycles. The first-order valence-corrected chi connectivity index (χ1v) is 11.2. The predicted molar refractivity (Wildman–Crippen MR) is 119 cm³/mol. The van der Waals surface area contributed by atoms with Crippen LogP contribution in [-0.4, -0.2) is 53.0 Å². The second kappa shape index (κ2) is 9.54. The molecule has 8 nitrogen and oxygen atoms in total. The maximum absolute atomic E-state index is 13.0. The number of hydrogen-bond donors (Lipinski definition) is 1. The van der Waals surface area contributed by atoms with Crippen molar-refractivity contribution in [2.45, 2.75) is 52.2 Å². The molecule has 2 heterocycles. The van der Waals surface area contributed by atoms with Crippen molar-refractivity contribution in [2.24, 2.45) is 5.92 Å². The van der Waals surface area contributed by atoms with E-state index in [1.54, 1.807) is 25.3 Å². The largest absolute Gasteiger partial charge is 0.497 e. The molecule has 1 aliphatic carbocycles. The van der Waals surface area contributed by atoms with Gasteiger partial charge in [-0.1, -0.05) is 0 Å². The normalized spacial score (nSPS) is 16.5. The molecule has 0 bridgehead atoms. The Morgan fingerprint density at radius 1 is 1.06 bits per heavy atom. The van der Waals surface area contributed by atoms with Crippen molar-refractivity contribution in [3.05, 3.63) is 47.0 Å². The first kappa shape index (κ1) is 22.0. The molecule has 2 fully saturated rings. The number of carbonyl (C=O) groups is 2. The smallest absolute Gasteiger partial charge is 0.255 e. The van der Waals surface area contributed by atoms with E-state index < -0.39 is 0 Å². The molecule has 4 rings (SSSR count). The van der Waals surface area contributed by atoms with E-state index in [0.717, 1.165) is 37.1 Å². The molecule has 2 aliphatic rings. The van der Waals surface area contributed by atoms with Crippen molar-refractivity contribution in [3.8, 4) is 11.5 Å². The summed E-state index contributed by atoms with van der Waals surface area (Å²) in [7, 11) is 1.56. The maximum atomic E-state index is 13.0. The van der Waals surface area contributed by atoms with E-state index in [1.165, 1.54) is 0 Å². The van der Waals surface area contributed by atoms with Crippen molar-refractivity contribution in [2.75, 3.05) is 20.2 Å². The van der Waals surface area contributed by atoms with Crippen molar-refractivity contribution in [1.29, 1.82) is 0 Å². The lowest BCUT2D eigenvalue weighted by atomic mass is 10.1. The lowest BCUT2D eigenvalue weighted by molar-refractivity contribution is -0.134. The van der Waals surface area contributed by atoms with Crippen LogP contribution in [0.15, 0.2) is 24.3 Å². The second-order valence-corrected chi connectivity index (χ2v) is 8.53. The summed E-state index contributed by atoms with van der Waals surface area (Å²) in [6, 6.07) is 7.12. The standard InChI is InChI=1S/C24H30N4O4/c1-15-12-16(2)27-22(26-15)14-25-23(29)20-13-19(31-3)6-7-21(20)32-18-8-10-28(11-9-18)24(30)17-4-5-17/h6-7,12-13,17-18H,4-5,8-11,14H2,1-3H3,(H,25,29). The lowest BCUT2D eigenvalue weighted by Gasteiger charge is -2.32. The Kier molecular flexibility index (Phi) is 6.58. The number of amides is 2. The highest BCUT2D eigenvalue weighted by Gasteiger charge is 2.35. The van der Waals surface area contributed by atoms with E-state index in [0.29, 0.717) is 36.0 Å². The van der Waals surface area contributed by atoms with Crippen LogP contribution in [0.25, 0.3) is 0 Å². The Balaban J connectivity index is 1.41. The van der Waals surface area contributed by atoms with Gasteiger partial charge in [-0.2, -0.15) is 0 Å². The van der Waals surface area contributed by atoms with Gasteiger partial charge in [-0.15, -0.1) is 0 Å². The van der Waals surface area contributed by atoms with Gasteiger partial charge in [0.15, 0.2) is 0 Å². The summed E-state index contributed by atoms with van der Waals surface area (Å²) >= 11 is 0. The van der Waals surface area contributed by atoms with Crippen LogP contribution >= 0.6 is 0 Å². The molecule has 1 aromatic heterocycles. The van der Waals surface area contributed by atoms with Gasteiger partial charge in [0.25, 0.3) is 5.91 Å². The van der Waals surface area contributed by atoms with Gasteiger partial charge >= 0.3 is 0 Å². The first-order chi connectivity index (χ1) is 15.4. The molecule has 0 spiro atoms. The minimum absolute atomic E-state index is 0.0408.